The van der Waals surface area contributed by atoms with Gasteiger partial charge in [0.15, 0.2) is 5.82 Å². The van der Waals surface area contributed by atoms with Crippen molar-refractivity contribution in [3.63, 3.8) is 0 Å². The Balaban J connectivity index is 1.86. The number of benzene rings is 1. The monoisotopic (exact) mass is 345 g/mol. The zero-order valence-electron chi connectivity index (χ0n) is 13.6. The number of fused-ring (bicyclic) bond motifs is 4. The Morgan fingerprint density at radius 1 is 1.29 bits per heavy atom. The van der Waals surface area contributed by atoms with Crippen LogP contribution in [0.2, 0.25) is 0 Å². The van der Waals surface area contributed by atoms with Gasteiger partial charge in [0.2, 0.25) is 0 Å². The molecule has 1 fully saturated rings. The Kier molecular flexibility index (Phi) is 3.42. The topological polar surface area (TPSA) is 62.7 Å². The molecule has 0 amide bonds. The van der Waals surface area contributed by atoms with Crippen LogP contribution in [0.5, 0.6) is 5.75 Å². The number of rotatable bonds is 3. The van der Waals surface area contributed by atoms with E-state index in [0.29, 0.717) is 28.6 Å². The maximum Gasteiger partial charge on any atom is 0.266 e. The first-order valence-electron chi connectivity index (χ1n) is 7.91. The summed E-state index contributed by atoms with van der Waals surface area (Å²) in [7, 11) is -2.11. The minimum absolute atomic E-state index is 0.0705. The van der Waals surface area contributed by atoms with E-state index in [1.807, 2.05) is 12.1 Å². The Morgan fingerprint density at radius 2 is 2.12 bits per heavy atom. The molecular formula is C17H19N3O3S. The van der Waals surface area contributed by atoms with Crippen molar-refractivity contribution in [1.82, 2.24) is 4.98 Å². The number of hydrogen-bond donors (Lipinski definition) is 0. The van der Waals surface area contributed by atoms with Crippen LogP contribution in [0.3, 0.4) is 0 Å². The average molecular weight is 345 g/mol. The molecular weight excluding hydrogens is 326 g/mol. The maximum atomic E-state index is 13.4. The molecule has 0 N–H and O–H groups in total. The molecule has 0 spiro atoms. The normalized spacial score (nSPS) is 19.3. The SMILES string of the molecule is COc1ccc(S(=O)(=O)N2c3ncccc3N3CCC2C3)c(C)c1. The molecule has 1 saturated heterocycles. The predicted octanol–water partition coefficient (Wildman–Crippen LogP) is 2.19. The third kappa shape index (κ3) is 2.15. The third-order valence-electron chi connectivity index (χ3n) is 4.73. The van der Waals surface area contributed by atoms with E-state index in [4.69, 9.17) is 4.74 Å². The van der Waals surface area contributed by atoms with Gasteiger partial charge in [0, 0.05) is 19.3 Å². The van der Waals surface area contributed by atoms with Crippen molar-refractivity contribution in [3.8, 4) is 5.75 Å². The highest BCUT2D eigenvalue weighted by molar-refractivity contribution is 7.93. The minimum Gasteiger partial charge on any atom is -0.497 e. The van der Waals surface area contributed by atoms with Crippen molar-refractivity contribution in [3.05, 3.63) is 42.1 Å². The summed E-state index contributed by atoms with van der Waals surface area (Å²) >= 11 is 0. The van der Waals surface area contributed by atoms with Crippen LogP contribution in [-0.2, 0) is 10.0 Å². The molecule has 2 aliphatic rings. The molecule has 0 aliphatic carbocycles. The number of aryl methyl sites for hydroxylation is 1. The van der Waals surface area contributed by atoms with Gasteiger partial charge in [0.25, 0.3) is 10.0 Å². The molecule has 0 saturated carbocycles. The van der Waals surface area contributed by atoms with Crippen LogP contribution in [0.25, 0.3) is 0 Å². The van der Waals surface area contributed by atoms with E-state index in [2.05, 4.69) is 9.88 Å². The largest absolute Gasteiger partial charge is 0.497 e. The number of methoxy groups -OCH3 is 1. The number of sulfonamides is 1. The number of aromatic nitrogens is 1. The molecule has 2 aromatic rings. The second-order valence-corrected chi connectivity index (χ2v) is 7.95. The second kappa shape index (κ2) is 5.37. The van der Waals surface area contributed by atoms with Crippen LogP contribution in [0.1, 0.15) is 12.0 Å². The Hall–Kier alpha value is -2.28. The summed E-state index contributed by atoms with van der Waals surface area (Å²) in [4.78, 5) is 6.89. The van der Waals surface area contributed by atoms with Crippen LogP contribution in [0, 0.1) is 6.92 Å². The highest BCUT2D eigenvalue weighted by Crippen LogP contribution is 2.41. The van der Waals surface area contributed by atoms with Crippen molar-refractivity contribution in [2.75, 3.05) is 29.4 Å². The van der Waals surface area contributed by atoms with Crippen molar-refractivity contribution < 1.29 is 13.2 Å². The van der Waals surface area contributed by atoms with E-state index >= 15 is 0 Å². The number of hydrogen-bond acceptors (Lipinski definition) is 5. The Bertz CT molecular complexity index is 898. The number of nitrogens with zero attached hydrogens (tertiary/aromatic N) is 3. The first-order valence-corrected chi connectivity index (χ1v) is 9.35. The van der Waals surface area contributed by atoms with E-state index in [-0.39, 0.29) is 6.04 Å². The molecule has 0 radical (unpaired) electrons. The van der Waals surface area contributed by atoms with Gasteiger partial charge >= 0.3 is 0 Å². The van der Waals surface area contributed by atoms with Crippen LogP contribution >= 0.6 is 0 Å². The van der Waals surface area contributed by atoms with Crippen LogP contribution in [0.4, 0.5) is 11.5 Å². The Morgan fingerprint density at radius 3 is 2.88 bits per heavy atom. The van der Waals surface area contributed by atoms with Crippen LogP contribution < -0.4 is 13.9 Å². The summed E-state index contributed by atoms with van der Waals surface area (Å²) in [5.41, 5.74) is 1.56. The van der Waals surface area contributed by atoms with Crippen molar-refractivity contribution in [2.24, 2.45) is 0 Å². The molecule has 1 aromatic carbocycles. The van der Waals surface area contributed by atoms with E-state index < -0.39 is 10.0 Å². The van der Waals surface area contributed by atoms with Crippen molar-refractivity contribution >= 4 is 21.5 Å². The lowest BCUT2D eigenvalue weighted by Crippen LogP contribution is -2.46. The first kappa shape index (κ1) is 15.3. The van der Waals surface area contributed by atoms with Gasteiger partial charge in [0.1, 0.15) is 5.75 Å². The van der Waals surface area contributed by atoms with Crippen molar-refractivity contribution in [2.45, 2.75) is 24.3 Å². The molecule has 3 heterocycles. The molecule has 1 aromatic heterocycles. The van der Waals surface area contributed by atoms with Crippen LogP contribution in [-0.4, -0.2) is 39.6 Å². The van der Waals surface area contributed by atoms with Gasteiger partial charge in [-0.15, -0.1) is 0 Å². The number of pyridine rings is 1. The lowest BCUT2D eigenvalue weighted by Gasteiger charge is -2.36. The fourth-order valence-corrected chi connectivity index (χ4v) is 5.44. The lowest BCUT2D eigenvalue weighted by atomic mass is 10.2. The zero-order valence-corrected chi connectivity index (χ0v) is 14.5. The van der Waals surface area contributed by atoms with Gasteiger partial charge in [-0.1, -0.05) is 0 Å². The summed E-state index contributed by atoms with van der Waals surface area (Å²) in [6, 6.07) is 8.77. The molecule has 2 aliphatic heterocycles. The molecule has 2 bridgehead atoms. The predicted molar refractivity (Wildman–Crippen MR) is 92.3 cm³/mol. The van der Waals surface area contributed by atoms with E-state index in [0.717, 1.165) is 18.7 Å². The quantitative estimate of drug-likeness (QED) is 0.853. The molecule has 126 valence electrons. The average Bonchev–Trinajstić information content (AvgIpc) is 2.98. The van der Waals surface area contributed by atoms with Gasteiger partial charge in [-0.3, -0.25) is 0 Å². The minimum atomic E-state index is -3.68. The second-order valence-electron chi connectivity index (χ2n) is 6.17. The molecule has 1 unspecified atom stereocenters. The van der Waals surface area contributed by atoms with E-state index in [1.165, 1.54) is 4.31 Å². The summed E-state index contributed by atoms with van der Waals surface area (Å²) in [6.07, 6.45) is 2.46. The van der Waals surface area contributed by atoms with Gasteiger partial charge in [-0.25, -0.2) is 17.7 Å². The summed E-state index contributed by atoms with van der Waals surface area (Å²) in [6.45, 7) is 3.36. The molecule has 24 heavy (non-hydrogen) atoms. The smallest absolute Gasteiger partial charge is 0.266 e. The number of ether oxygens (including phenoxy) is 1. The Labute approximate surface area is 141 Å². The summed E-state index contributed by atoms with van der Waals surface area (Å²) in [5, 5.41) is 0. The lowest BCUT2D eigenvalue weighted by molar-refractivity contribution is 0.414. The van der Waals surface area contributed by atoms with Crippen molar-refractivity contribution in [1.29, 1.82) is 0 Å². The van der Waals surface area contributed by atoms with Gasteiger partial charge in [-0.2, -0.15) is 0 Å². The maximum absolute atomic E-state index is 13.4. The van der Waals surface area contributed by atoms with Gasteiger partial charge < -0.3 is 9.64 Å². The molecule has 7 heteroatoms. The highest BCUT2D eigenvalue weighted by Gasteiger charge is 2.43. The summed E-state index contributed by atoms with van der Waals surface area (Å²) < 4.78 is 33.5. The highest BCUT2D eigenvalue weighted by atomic mass is 32.2. The first-order chi connectivity index (χ1) is 11.5. The zero-order chi connectivity index (χ0) is 16.9. The fourth-order valence-electron chi connectivity index (χ4n) is 3.58. The van der Waals surface area contributed by atoms with E-state index in [9.17, 15) is 8.42 Å². The third-order valence-corrected chi connectivity index (χ3v) is 6.73. The molecule has 4 rings (SSSR count). The standard InChI is InChI=1S/C17H19N3O3S/c1-12-10-14(23-2)5-6-16(12)24(21,22)20-13-7-9-19(11-13)15-4-3-8-18-17(15)20/h3-6,8,10,13H,7,9,11H2,1-2H3. The van der Waals surface area contributed by atoms with Gasteiger partial charge in [0.05, 0.1) is 23.7 Å². The van der Waals surface area contributed by atoms with Crippen LogP contribution in [0.15, 0.2) is 41.4 Å². The summed E-state index contributed by atoms with van der Waals surface area (Å²) in [5.74, 6) is 1.18. The van der Waals surface area contributed by atoms with Gasteiger partial charge in [-0.05, 0) is 49.2 Å². The fraction of sp³-hybridized carbons (Fsp3) is 0.353. The molecule has 1 atom stereocenters. The van der Waals surface area contributed by atoms with E-state index in [1.54, 1.807) is 38.4 Å². The molecule has 6 nitrogen and oxygen atoms in total. The number of anilines is 2.